The van der Waals surface area contributed by atoms with Crippen LogP contribution in [0.25, 0.3) is 11.1 Å². The molecule has 22 heavy (non-hydrogen) atoms. The van der Waals surface area contributed by atoms with Gasteiger partial charge in [-0.3, -0.25) is 14.9 Å². The second kappa shape index (κ2) is 5.81. The van der Waals surface area contributed by atoms with Crippen molar-refractivity contribution in [3.8, 4) is 11.1 Å². The largest absolute Gasteiger partial charge is 0.399 e. The molecule has 1 saturated heterocycles. The van der Waals surface area contributed by atoms with Crippen LogP contribution < -0.4 is 11.1 Å². The molecule has 0 saturated carbocycles. The number of anilines is 1. The number of benzene rings is 2. The van der Waals surface area contributed by atoms with Crippen LogP contribution in [0.5, 0.6) is 0 Å². The summed E-state index contributed by atoms with van der Waals surface area (Å²) in [5, 5.41) is 2.91. The van der Waals surface area contributed by atoms with Crippen molar-refractivity contribution in [1.82, 2.24) is 5.32 Å². The molecule has 112 valence electrons. The van der Waals surface area contributed by atoms with E-state index >= 15 is 0 Å². The molecule has 0 spiro atoms. The van der Waals surface area contributed by atoms with Crippen LogP contribution >= 0.6 is 11.6 Å². The van der Waals surface area contributed by atoms with E-state index in [1.54, 1.807) is 0 Å². The van der Waals surface area contributed by atoms with Crippen molar-refractivity contribution in [2.45, 2.75) is 18.8 Å². The molecule has 1 aliphatic heterocycles. The van der Waals surface area contributed by atoms with Gasteiger partial charge in [0, 0.05) is 17.7 Å². The highest BCUT2D eigenvalue weighted by molar-refractivity contribution is 6.34. The molecule has 5 heteroatoms. The van der Waals surface area contributed by atoms with Gasteiger partial charge in [-0.25, -0.2) is 0 Å². The zero-order chi connectivity index (χ0) is 15.7. The number of piperidine rings is 1. The van der Waals surface area contributed by atoms with Gasteiger partial charge in [-0.2, -0.15) is 0 Å². The van der Waals surface area contributed by atoms with Gasteiger partial charge in [0.2, 0.25) is 11.8 Å². The molecule has 3 rings (SSSR count). The number of carbonyl (C=O) groups is 2. The van der Waals surface area contributed by atoms with Gasteiger partial charge >= 0.3 is 0 Å². The van der Waals surface area contributed by atoms with E-state index in [2.05, 4.69) is 5.32 Å². The van der Waals surface area contributed by atoms with Crippen molar-refractivity contribution < 1.29 is 9.59 Å². The number of nitrogens with two attached hydrogens (primary N) is 1. The molecule has 1 atom stereocenters. The summed E-state index contributed by atoms with van der Waals surface area (Å²) in [5.74, 6) is -0.904. The summed E-state index contributed by atoms with van der Waals surface area (Å²) in [6.07, 6.45) is 0.814. The monoisotopic (exact) mass is 314 g/mol. The SMILES string of the molecule is Nc1ccc(-c2cccc(C3CCC(=O)NC3=O)c2Cl)cc1. The molecule has 2 aromatic rings. The van der Waals surface area contributed by atoms with Gasteiger partial charge in [-0.05, 0) is 29.7 Å². The molecule has 0 aliphatic carbocycles. The van der Waals surface area contributed by atoms with Gasteiger partial charge in [0.15, 0.2) is 0 Å². The highest BCUT2D eigenvalue weighted by atomic mass is 35.5. The first kappa shape index (κ1) is 14.6. The fourth-order valence-corrected chi connectivity index (χ4v) is 3.06. The second-order valence-electron chi connectivity index (χ2n) is 5.33. The highest BCUT2D eigenvalue weighted by Gasteiger charge is 2.29. The number of rotatable bonds is 2. The van der Waals surface area contributed by atoms with E-state index in [-0.39, 0.29) is 17.7 Å². The Kier molecular flexibility index (Phi) is 3.86. The number of imide groups is 1. The lowest BCUT2D eigenvalue weighted by molar-refractivity contribution is -0.134. The summed E-state index contributed by atoms with van der Waals surface area (Å²) < 4.78 is 0. The number of amides is 2. The molecular weight excluding hydrogens is 300 g/mol. The lowest BCUT2D eigenvalue weighted by Crippen LogP contribution is -2.39. The van der Waals surface area contributed by atoms with Crippen molar-refractivity contribution >= 4 is 29.1 Å². The third-order valence-corrected chi connectivity index (χ3v) is 4.29. The normalized spacial score (nSPS) is 18.1. The number of carbonyl (C=O) groups excluding carboxylic acids is 2. The second-order valence-corrected chi connectivity index (χ2v) is 5.71. The van der Waals surface area contributed by atoms with Crippen molar-refractivity contribution in [2.75, 3.05) is 5.73 Å². The van der Waals surface area contributed by atoms with E-state index in [0.29, 0.717) is 23.6 Å². The van der Waals surface area contributed by atoms with Gasteiger partial charge in [-0.1, -0.05) is 41.9 Å². The van der Waals surface area contributed by atoms with Crippen LogP contribution in [-0.4, -0.2) is 11.8 Å². The molecule has 2 amide bonds. The van der Waals surface area contributed by atoms with Crippen molar-refractivity contribution in [3.63, 3.8) is 0 Å². The van der Waals surface area contributed by atoms with Crippen LogP contribution in [0.3, 0.4) is 0 Å². The summed E-state index contributed by atoms with van der Waals surface area (Å²) in [5.41, 5.74) is 8.92. The van der Waals surface area contributed by atoms with Crippen LogP contribution in [-0.2, 0) is 9.59 Å². The van der Waals surface area contributed by atoms with Gasteiger partial charge in [0.1, 0.15) is 0 Å². The van der Waals surface area contributed by atoms with Gasteiger partial charge in [0.25, 0.3) is 0 Å². The molecule has 0 aromatic heterocycles. The Morgan fingerprint density at radius 2 is 1.82 bits per heavy atom. The molecule has 0 bridgehead atoms. The topological polar surface area (TPSA) is 72.2 Å². The lowest BCUT2D eigenvalue weighted by atomic mass is 9.88. The van der Waals surface area contributed by atoms with Crippen LogP contribution in [0, 0.1) is 0 Å². The third kappa shape index (κ3) is 2.70. The number of hydrogen-bond acceptors (Lipinski definition) is 3. The Hall–Kier alpha value is -2.33. The van der Waals surface area contributed by atoms with E-state index < -0.39 is 0 Å². The fourth-order valence-electron chi connectivity index (χ4n) is 2.69. The van der Waals surface area contributed by atoms with E-state index in [0.717, 1.165) is 16.7 Å². The zero-order valence-corrected chi connectivity index (χ0v) is 12.6. The summed E-state index contributed by atoms with van der Waals surface area (Å²) in [6, 6.07) is 13.0. The van der Waals surface area contributed by atoms with Gasteiger partial charge in [-0.15, -0.1) is 0 Å². The maximum atomic E-state index is 12.0. The Balaban J connectivity index is 2.00. The molecule has 3 N–H and O–H groups in total. The summed E-state index contributed by atoms with van der Waals surface area (Å²) in [7, 11) is 0. The first-order valence-electron chi connectivity index (χ1n) is 7.04. The number of halogens is 1. The van der Waals surface area contributed by atoms with E-state index in [9.17, 15) is 9.59 Å². The highest BCUT2D eigenvalue weighted by Crippen LogP contribution is 2.37. The number of hydrogen-bond donors (Lipinski definition) is 2. The molecule has 0 radical (unpaired) electrons. The van der Waals surface area contributed by atoms with Crippen LogP contribution in [0.2, 0.25) is 5.02 Å². The first-order chi connectivity index (χ1) is 10.6. The van der Waals surface area contributed by atoms with E-state index in [4.69, 9.17) is 17.3 Å². The summed E-state index contributed by atoms with van der Waals surface area (Å²) in [4.78, 5) is 23.3. The standard InChI is InChI=1S/C17H15ClN2O2/c18-16-12(10-4-6-11(19)7-5-10)2-1-3-13(16)14-8-9-15(21)20-17(14)22/h1-7,14H,8-9,19H2,(H,20,21,22). The Morgan fingerprint density at radius 1 is 1.09 bits per heavy atom. The average Bonchev–Trinajstić information content (AvgIpc) is 2.49. The Bertz CT molecular complexity index is 741. The quantitative estimate of drug-likeness (QED) is 0.661. The first-order valence-corrected chi connectivity index (χ1v) is 7.42. The van der Waals surface area contributed by atoms with Crippen molar-refractivity contribution in [1.29, 1.82) is 0 Å². The molecule has 1 unspecified atom stereocenters. The molecule has 1 aliphatic rings. The van der Waals surface area contributed by atoms with E-state index in [1.165, 1.54) is 0 Å². The van der Waals surface area contributed by atoms with E-state index in [1.807, 2.05) is 42.5 Å². The maximum Gasteiger partial charge on any atom is 0.234 e. The summed E-state index contributed by atoms with van der Waals surface area (Å²) in [6.45, 7) is 0. The predicted octanol–water partition coefficient (Wildman–Crippen LogP) is 3.11. The molecule has 2 aromatic carbocycles. The zero-order valence-electron chi connectivity index (χ0n) is 11.8. The number of nitrogen functional groups attached to an aromatic ring is 1. The Labute approximate surface area is 133 Å². The fraction of sp³-hybridized carbons (Fsp3) is 0.176. The average molecular weight is 315 g/mol. The molecule has 1 fully saturated rings. The van der Waals surface area contributed by atoms with Crippen LogP contribution in [0.1, 0.15) is 24.3 Å². The minimum absolute atomic E-state index is 0.230. The Morgan fingerprint density at radius 3 is 2.50 bits per heavy atom. The van der Waals surface area contributed by atoms with Gasteiger partial charge in [0.05, 0.1) is 10.9 Å². The number of nitrogens with one attached hydrogen (secondary N) is 1. The molecule has 4 nitrogen and oxygen atoms in total. The predicted molar refractivity (Wildman–Crippen MR) is 86.4 cm³/mol. The molecule has 1 heterocycles. The van der Waals surface area contributed by atoms with Crippen LogP contribution in [0.4, 0.5) is 5.69 Å². The third-order valence-electron chi connectivity index (χ3n) is 3.86. The minimum Gasteiger partial charge on any atom is -0.399 e. The van der Waals surface area contributed by atoms with Crippen molar-refractivity contribution in [3.05, 3.63) is 53.1 Å². The maximum absolute atomic E-state index is 12.0. The van der Waals surface area contributed by atoms with Crippen LogP contribution in [0.15, 0.2) is 42.5 Å². The lowest BCUT2D eigenvalue weighted by Gasteiger charge is -2.23. The smallest absolute Gasteiger partial charge is 0.234 e. The molecular formula is C17H15ClN2O2. The van der Waals surface area contributed by atoms with Crippen molar-refractivity contribution in [2.24, 2.45) is 0 Å². The van der Waals surface area contributed by atoms with Gasteiger partial charge < -0.3 is 5.73 Å². The minimum atomic E-state index is -0.390. The summed E-state index contributed by atoms with van der Waals surface area (Å²) >= 11 is 6.52.